The molecule has 9 heteroatoms. The van der Waals surface area contributed by atoms with E-state index in [1.54, 1.807) is 26.8 Å². The van der Waals surface area contributed by atoms with Gasteiger partial charge < -0.3 is 24.6 Å². The molecule has 0 unspecified atom stereocenters. The van der Waals surface area contributed by atoms with Gasteiger partial charge in [-0.05, 0) is 44.5 Å². The number of ether oxygens (including phenoxy) is 3. The van der Waals surface area contributed by atoms with Crippen molar-refractivity contribution in [1.82, 2.24) is 5.32 Å². The van der Waals surface area contributed by atoms with Crippen LogP contribution in [0.1, 0.15) is 20.8 Å². The standard InChI is InChI=1S/C20H22F3NO5/c1-19(2,3)29-18(26)24-10-11-27-17-9-8-13(12-15(17)25)14-6-4-5-7-16(14)28-20(21,22)23/h4-9,12,25H,10-11H2,1-3H3,(H,24,26). The Morgan fingerprint density at radius 2 is 1.76 bits per heavy atom. The summed E-state index contributed by atoms with van der Waals surface area (Å²) in [7, 11) is 0. The molecule has 0 radical (unpaired) electrons. The lowest BCUT2D eigenvalue weighted by molar-refractivity contribution is -0.274. The first kappa shape index (κ1) is 22.2. The number of alkyl carbamates (subject to hydrolysis) is 1. The molecule has 0 atom stereocenters. The van der Waals surface area contributed by atoms with Crippen molar-refractivity contribution in [3.05, 3.63) is 42.5 Å². The lowest BCUT2D eigenvalue weighted by Crippen LogP contribution is -2.34. The van der Waals surface area contributed by atoms with Gasteiger partial charge in [0.1, 0.15) is 18.0 Å². The maximum Gasteiger partial charge on any atom is 0.573 e. The SMILES string of the molecule is CC(C)(C)OC(=O)NCCOc1ccc(-c2ccccc2OC(F)(F)F)cc1O. The number of aromatic hydroxyl groups is 1. The molecule has 0 saturated carbocycles. The van der Waals surface area contributed by atoms with Crippen LogP contribution in [0, 0.1) is 0 Å². The second-order valence-electron chi connectivity index (χ2n) is 7.00. The number of carbonyl (C=O) groups is 1. The fourth-order valence-corrected chi connectivity index (χ4v) is 2.35. The van der Waals surface area contributed by atoms with Crippen LogP contribution in [0.5, 0.6) is 17.2 Å². The van der Waals surface area contributed by atoms with Gasteiger partial charge in [-0.25, -0.2) is 4.79 Å². The van der Waals surface area contributed by atoms with Crippen molar-refractivity contribution in [2.24, 2.45) is 0 Å². The molecule has 0 aromatic heterocycles. The average molecular weight is 413 g/mol. The zero-order valence-electron chi connectivity index (χ0n) is 16.2. The molecule has 29 heavy (non-hydrogen) atoms. The maximum absolute atomic E-state index is 12.6. The summed E-state index contributed by atoms with van der Waals surface area (Å²) in [5.74, 6) is -0.523. The Morgan fingerprint density at radius 3 is 2.38 bits per heavy atom. The van der Waals surface area contributed by atoms with Crippen LogP contribution in [0.15, 0.2) is 42.5 Å². The van der Waals surface area contributed by atoms with Crippen molar-refractivity contribution >= 4 is 6.09 Å². The average Bonchev–Trinajstić information content (AvgIpc) is 2.57. The predicted molar refractivity (Wildman–Crippen MR) is 100.0 cm³/mol. The van der Waals surface area contributed by atoms with Gasteiger partial charge in [-0.3, -0.25) is 0 Å². The summed E-state index contributed by atoms with van der Waals surface area (Å²) in [5, 5.41) is 12.6. The molecule has 0 fully saturated rings. The largest absolute Gasteiger partial charge is 0.573 e. The van der Waals surface area contributed by atoms with E-state index in [4.69, 9.17) is 9.47 Å². The van der Waals surface area contributed by atoms with Crippen molar-refractivity contribution in [3.8, 4) is 28.4 Å². The summed E-state index contributed by atoms with van der Waals surface area (Å²) < 4.78 is 52.2. The van der Waals surface area contributed by atoms with Gasteiger partial charge in [0, 0.05) is 5.56 Å². The minimum atomic E-state index is -4.83. The van der Waals surface area contributed by atoms with Gasteiger partial charge >= 0.3 is 12.5 Å². The van der Waals surface area contributed by atoms with E-state index in [0.717, 1.165) is 0 Å². The van der Waals surface area contributed by atoms with Gasteiger partial charge in [0.15, 0.2) is 11.5 Å². The van der Waals surface area contributed by atoms with Crippen molar-refractivity contribution < 1.29 is 37.3 Å². The van der Waals surface area contributed by atoms with E-state index in [9.17, 15) is 23.1 Å². The van der Waals surface area contributed by atoms with Gasteiger partial charge in [-0.15, -0.1) is 13.2 Å². The summed E-state index contributed by atoms with van der Waals surface area (Å²) in [6, 6.07) is 9.79. The van der Waals surface area contributed by atoms with Crippen LogP contribution in [0.4, 0.5) is 18.0 Å². The summed E-state index contributed by atoms with van der Waals surface area (Å²) in [6.45, 7) is 5.40. The normalized spacial score (nSPS) is 11.7. The number of carbonyl (C=O) groups excluding carboxylic acids is 1. The summed E-state index contributed by atoms with van der Waals surface area (Å²) >= 11 is 0. The van der Waals surface area contributed by atoms with E-state index >= 15 is 0 Å². The smallest absolute Gasteiger partial charge is 0.504 e. The molecule has 0 saturated heterocycles. The summed E-state index contributed by atoms with van der Waals surface area (Å²) in [6.07, 6.45) is -5.43. The lowest BCUT2D eigenvalue weighted by Gasteiger charge is -2.19. The Kier molecular flexibility index (Phi) is 6.84. The first-order valence-electron chi connectivity index (χ1n) is 8.72. The molecule has 1 amide bonds. The highest BCUT2D eigenvalue weighted by molar-refractivity contribution is 5.72. The topological polar surface area (TPSA) is 77.0 Å². The first-order chi connectivity index (χ1) is 13.4. The van der Waals surface area contributed by atoms with Crippen molar-refractivity contribution in [1.29, 1.82) is 0 Å². The Balaban J connectivity index is 2.00. The third-order valence-corrected chi connectivity index (χ3v) is 3.41. The number of rotatable bonds is 6. The molecule has 2 aromatic carbocycles. The Hall–Kier alpha value is -3.10. The lowest BCUT2D eigenvalue weighted by atomic mass is 10.0. The van der Waals surface area contributed by atoms with Gasteiger partial charge in [-0.1, -0.05) is 24.3 Å². The van der Waals surface area contributed by atoms with E-state index in [0.29, 0.717) is 5.56 Å². The predicted octanol–water partition coefficient (Wildman–Crippen LogP) is 4.86. The zero-order chi connectivity index (χ0) is 21.7. The molecule has 0 bridgehead atoms. The number of nitrogens with one attached hydrogen (secondary N) is 1. The number of para-hydroxylation sites is 1. The van der Waals surface area contributed by atoms with Crippen LogP contribution in [-0.2, 0) is 4.74 Å². The number of halogens is 3. The molecule has 0 aliphatic heterocycles. The first-order valence-corrected chi connectivity index (χ1v) is 8.72. The number of benzene rings is 2. The minimum Gasteiger partial charge on any atom is -0.504 e. The van der Waals surface area contributed by atoms with E-state index in [-0.39, 0.29) is 36.0 Å². The molecule has 158 valence electrons. The molecule has 0 aliphatic carbocycles. The van der Waals surface area contributed by atoms with Gasteiger partial charge in [0.2, 0.25) is 0 Å². The third-order valence-electron chi connectivity index (χ3n) is 3.41. The fourth-order valence-electron chi connectivity index (χ4n) is 2.35. The van der Waals surface area contributed by atoms with Crippen LogP contribution in [-0.4, -0.2) is 36.3 Å². The number of alkyl halides is 3. The van der Waals surface area contributed by atoms with Crippen molar-refractivity contribution in [2.45, 2.75) is 32.7 Å². The van der Waals surface area contributed by atoms with Crippen LogP contribution in [0.3, 0.4) is 0 Å². The van der Waals surface area contributed by atoms with E-state index in [2.05, 4.69) is 10.1 Å². The number of hydrogen-bond donors (Lipinski definition) is 2. The molecule has 0 aliphatic rings. The molecular weight excluding hydrogens is 391 g/mol. The van der Waals surface area contributed by atoms with E-state index < -0.39 is 18.1 Å². The van der Waals surface area contributed by atoms with Gasteiger partial charge in [0.25, 0.3) is 0 Å². The number of phenols is 1. The Morgan fingerprint density at radius 1 is 1.07 bits per heavy atom. The van der Waals surface area contributed by atoms with Gasteiger partial charge in [0.05, 0.1) is 6.54 Å². The summed E-state index contributed by atoms with van der Waals surface area (Å²) in [5.41, 5.74) is -0.134. The highest BCUT2D eigenvalue weighted by Crippen LogP contribution is 2.37. The van der Waals surface area contributed by atoms with Crippen LogP contribution >= 0.6 is 0 Å². The van der Waals surface area contributed by atoms with E-state index in [1.807, 2.05) is 0 Å². The monoisotopic (exact) mass is 413 g/mol. The zero-order valence-corrected chi connectivity index (χ0v) is 16.2. The van der Waals surface area contributed by atoms with E-state index in [1.165, 1.54) is 36.4 Å². The second-order valence-corrected chi connectivity index (χ2v) is 7.00. The number of hydrogen-bond acceptors (Lipinski definition) is 5. The molecular formula is C20H22F3NO5. The Labute approximate surface area is 166 Å². The highest BCUT2D eigenvalue weighted by atomic mass is 19.4. The quantitative estimate of drug-likeness (QED) is 0.662. The molecule has 2 aromatic rings. The van der Waals surface area contributed by atoms with Crippen LogP contribution in [0.25, 0.3) is 11.1 Å². The summed E-state index contributed by atoms with van der Waals surface area (Å²) in [4.78, 5) is 11.5. The molecule has 2 N–H and O–H groups in total. The van der Waals surface area contributed by atoms with Crippen molar-refractivity contribution in [3.63, 3.8) is 0 Å². The Bertz CT molecular complexity index is 847. The highest BCUT2D eigenvalue weighted by Gasteiger charge is 2.32. The fraction of sp³-hybridized carbons (Fsp3) is 0.350. The third kappa shape index (κ3) is 7.44. The van der Waals surface area contributed by atoms with Crippen molar-refractivity contribution in [2.75, 3.05) is 13.2 Å². The maximum atomic E-state index is 12.6. The molecule has 6 nitrogen and oxygen atoms in total. The minimum absolute atomic E-state index is 0.0555. The molecule has 2 rings (SSSR count). The van der Waals surface area contributed by atoms with Crippen LogP contribution < -0.4 is 14.8 Å². The molecule has 0 heterocycles. The second kappa shape index (κ2) is 8.93. The number of phenolic OH excluding ortho intramolecular Hbond substituents is 1. The van der Waals surface area contributed by atoms with Crippen LogP contribution in [0.2, 0.25) is 0 Å². The molecule has 0 spiro atoms. The van der Waals surface area contributed by atoms with Gasteiger partial charge in [-0.2, -0.15) is 0 Å². The number of amides is 1.